The van der Waals surface area contributed by atoms with Crippen molar-refractivity contribution >= 4 is 40.1 Å². The molecule has 3 rings (SSSR count). The highest BCUT2D eigenvalue weighted by Gasteiger charge is 2.29. The summed E-state index contributed by atoms with van der Waals surface area (Å²) in [6, 6.07) is 15.6. The van der Waals surface area contributed by atoms with Crippen molar-refractivity contribution in [2.75, 3.05) is 5.32 Å². The summed E-state index contributed by atoms with van der Waals surface area (Å²) in [7, 11) is 0. The average Bonchev–Trinajstić information content (AvgIpc) is 2.88. The SMILES string of the molecule is C=C(CC(CC)CC)[C@H](NC(=O)c1ccc2ccccc2c1NCc1ccc(SC(F)(F)F)cc1)C(=O)O. The van der Waals surface area contributed by atoms with Gasteiger partial charge in [-0.3, -0.25) is 4.79 Å². The van der Waals surface area contributed by atoms with Gasteiger partial charge in [-0.05, 0) is 58.8 Å². The Balaban J connectivity index is 1.86. The largest absolute Gasteiger partial charge is 0.479 e. The molecule has 0 unspecified atom stereocenters. The molecule has 1 amide bonds. The third-order valence-corrected chi connectivity index (χ3v) is 7.18. The van der Waals surface area contributed by atoms with Crippen LogP contribution in [0.3, 0.4) is 0 Å². The van der Waals surface area contributed by atoms with Crippen molar-refractivity contribution < 1.29 is 27.9 Å². The molecule has 0 aliphatic rings. The Kier molecular flexibility index (Phi) is 9.85. The van der Waals surface area contributed by atoms with Crippen LogP contribution in [0.15, 0.2) is 77.7 Å². The van der Waals surface area contributed by atoms with Crippen LogP contribution in [0.5, 0.6) is 0 Å². The summed E-state index contributed by atoms with van der Waals surface area (Å²) < 4.78 is 37.9. The van der Waals surface area contributed by atoms with Crippen LogP contribution in [-0.4, -0.2) is 28.5 Å². The van der Waals surface area contributed by atoms with Gasteiger partial charge in [-0.15, -0.1) is 0 Å². The minimum Gasteiger partial charge on any atom is -0.479 e. The number of halogens is 3. The Labute approximate surface area is 224 Å². The maximum atomic E-state index is 13.4. The molecule has 0 aliphatic carbocycles. The molecule has 0 bridgehead atoms. The van der Waals surface area contributed by atoms with Gasteiger partial charge in [-0.25, -0.2) is 4.79 Å². The Morgan fingerprint density at radius 1 is 1.00 bits per heavy atom. The first-order valence-corrected chi connectivity index (χ1v) is 13.2. The lowest BCUT2D eigenvalue weighted by molar-refractivity contribution is -0.138. The Hall–Kier alpha value is -3.46. The number of hydrogen-bond donors (Lipinski definition) is 3. The van der Waals surface area contributed by atoms with Gasteiger partial charge in [-0.1, -0.05) is 75.7 Å². The van der Waals surface area contributed by atoms with E-state index in [-0.39, 0.29) is 34.7 Å². The van der Waals surface area contributed by atoms with E-state index in [0.29, 0.717) is 17.7 Å². The van der Waals surface area contributed by atoms with Crippen molar-refractivity contribution in [3.8, 4) is 0 Å². The quantitative estimate of drug-likeness (QED) is 0.161. The number of amides is 1. The molecule has 0 fully saturated rings. The highest BCUT2D eigenvalue weighted by atomic mass is 32.2. The van der Waals surface area contributed by atoms with Gasteiger partial charge in [0.15, 0.2) is 0 Å². The molecule has 1 atom stereocenters. The van der Waals surface area contributed by atoms with Gasteiger partial charge in [0.2, 0.25) is 0 Å². The molecule has 38 heavy (non-hydrogen) atoms. The van der Waals surface area contributed by atoms with Gasteiger partial charge < -0.3 is 15.7 Å². The van der Waals surface area contributed by atoms with Crippen LogP contribution in [0.4, 0.5) is 18.9 Å². The van der Waals surface area contributed by atoms with Crippen LogP contribution in [0.1, 0.15) is 49.0 Å². The van der Waals surface area contributed by atoms with E-state index in [2.05, 4.69) is 17.2 Å². The molecule has 0 saturated carbocycles. The fraction of sp³-hybridized carbons (Fsp3) is 0.310. The Morgan fingerprint density at radius 3 is 2.26 bits per heavy atom. The Morgan fingerprint density at radius 2 is 1.66 bits per heavy atom. The minimum atomic E-state index is -4.36. The van der Waals surface area contributed by atoms with Crippen molar-refractivity contribution in [2.45, 2.75) is 56.1 Å². The summed E-state index contributed by atoms with van der Waals surface area (Å²) in [6.07, 6.45) is 2.25. The van der Waals surface area contributed by atoms with Gasteiger partial charge in [0.05, 0.1) is 11.3 Å². The number of carboxylic acid groups (broad SMARTS) is 1. The first-order chi connectivity index (χ1) is 18.0. The smallest absolute Gasteiger partial charge is 0.446 e. The van der Waals surface area contributed by atoms with E-state index in [1.807, 2.05) is 38.1 Å². The number of aliphatic carboxylic acids is 1. The molecule has 0 radical (unpaired) electrons. The van der Waals surface area contributed by atoms with E-state index < -0.39 is 23.4 Å². The number of alkyl halides is 3. The maximum absolute atomic E-state index is 13.4. The van der Waals surface area contributed by atoms with Crippen LogP contribution in [0.2, 0.25) is 0 Å². The van der Waals surface area contributed by atoms with Crippen LogP contribution < -0.4 is 10.6 Å². The van der Waals surface area contributed by atoms with Crippen molar-refractivity contribution in [3.63, 3.8) is 0 Å². The lowest BCUT2D eigenvalue weighted by atomic mass is 9.91. The van der Waals surface area contributed by atoms with E-state index in [1.54, 1.807) is 24.3 Å². The van der Waals surface area contributed by atoms with Crippen LogP contribution in [-0.2, 0) is 11.3 Å². The van der Waals surface area contributed by atoms with Crippen LogP contribution >= 0.6 is 11.8 Å². The first kappa shape index (κ1) is 29.1. The van der Waals surface area contributed by atoms with Crippen molar-refractivity contribution in [2.24, 2.45) is 5.92 Å². The molecule has 5 nitrogen and oxygen atoms in total. The third kappa shape index (κ3) is 7.77. The van der Waals surface area contributed by atoms with E-state index in [1.165, 1.54) is 12.1 Å². The van der Waals surface area contributed by atoms with Crippen molar-refractivity contribution in [1.29, 1.82) is 0 Å². The zero-order valence-corrected chi connectivity index (χ0v) is 22.1. The van der Waals surface area contributed by atoms with Crippen LogP contribution in [0, 0.1) is 5.92 Å². The number of nitrogens with one attached hydrogen (secondary N) is 2. The molecule has 0 saturated heterocycles. The minimum absolute atomic E-state index is 0.0832. The molecule has 0 spiro atoms. The van der Waals surface area contributed by atoms with Gasteiger partial charge >= 0.3 is 11.5 Å². The molecular formula is C29H31F3N2O3S. The van der Waals surface area contributed by atoms with E-state index >= 15 is 0 Å². The molecule has 9 heteroatoms. The number of hydrogen-bond acceptors (Lipinski definition) is 4. The predicted octanol–water partition coefficient (Wildman–Crippen LogP) is 7.63. The monoisotopic (exact) mass is 544 g/mol. The topological polar surface area (TPSA) is 78.4 Å². The zero-order chi connectivity index (χ0) is 27.9. The number of thioether (sulfide) groups is 1. The van der Waals surface area contributed by atoms with Crippen molar-refractivity contribution in [3.05, 3.63) is 83.9 Å². The second-order valence-electron chi connectivity index (χ2n) is 9.04. The maximum Gasteiger partial charge on any atom is 0.446 e. The predicted molar refractivity (Wildman–Crippen MR) is 146 cm³/mol. The summed E-state index contributed by atoms with van der Waals surface area (Å²) in [5, 5.41) is 17.3. The summed E-state index contributed by atoms with van der Waals surface area (Å²) in [4.78, 5) is 25.5. The number of anilines is 1. The standard InChI is InChI=1S/C29H31F3N2O3S/c1-4-19(5-2)16-18(3)25(28(36)37)34-27(35)24-15-12-21-8-6-7-9-23(21)26(24)33-17-20-10-13-22(14-11-20)38-29(30,31)32/h6-15,19,25,33H,3-5,16-17H2,1-2H3,(H,34,35)(H,36,37)/t25-/m0/s1. The molecule has 3 aromatic rings. The fourth-order valence-corrected chi connectivity index (χ4v) is 4.80. The molecule has 3 N–H and O–H groups in total. The van der Waals surface area contributed by atoms with E-state index in [4.69, 9.17) is 0 Å². The van der Waals surface area contributed by atoms with E-state index in [9.17, 15) is 27.9 Å². The molecular weight excluding hydrogens is 513 g/mol. The third-order valence-electron chi connectivity index (χ3n) is 6.44. The van der Waals surface area contributed by atoms with Crippen LogP contribution in [0.25, 0.3) is 10.8 Å². The highest BCUT2D eigenvalue weighted by Crippen LogP contribution is 2.37. The number of benzene rings is 3. The average molecular weight is 545 g/mol. The van der Waals surface area contributed by atoms with Crippen molar-refractivity contribution in [1.82, 2.24) is 5.32 Å². The summed E-state index contributed by atoms with van der Waals surface area (Å²) in [6.45, 7) is 8.26. The summed E-state index contributed by atoms with van der Waals surface area (Å²) in [5.74, 6) is -1.46. The second kappa shape index (κ2) is 12.9. The molecule has 0 heterocycles. The summed E-state index contributed by atoms with van der Waals surface area (Å²) in [5.41, 5.74) is -2.44. The normalized spacial score (nSPS) is 12.4. The molecule has 0 aromatic heterocycles. The molecule has 0 aliphatic heterocycles. The lowest BCUT2D eigenvalue weighted by Crippen LogP contribution is -2.42. The number of rotatable bonds is 12. The van der Waals surface area contributed by atoms with Gasteiger partial charge in [-0.2, -0.15) is 13.2 Å². The Bertz CT molecular complexity index is 1290. The van der Waals surface area contributed by atoms with E-state index in [0.717, 1.165) is 29.2 Å². The van der Waals surface area contributed by atoms with Gasteiger partial charge in [0, 0.05) is 16.8 Å². The molecule has 202 valence electrons. The summed E-state index contributed by atoms with van der Waals surface area (Å²) >= 11 is -0.180. The second-order valence-corrected chi connectivity index (χ2v) is 10.2. The number of fused-ring (bicyclic) bond motifs is 1. The van der Waals surface area contributed by atoms with Gasteiger partial charge in [0.25, 0.3) is 5.91 Å². The number of carbonyl (C=O) groups excluding carboxylic acids is 1. The first-order valence-electron chi connectivity index (χ1n) is 12.3. The zero-order valence-electron chi connectivity index (χ0n) is 21.3. The highest BCUT2D eigenvalue weighted by molar-refractivity contribution is 8.00. The number of carbonyl (C=O) groups is 2. The molecule has 3 aromatic carbocycles. The number of carboxylic acids is 1. The lowest BCUT2D eigenvalue weighted by Gasteiger charge is -2.22. The van der Waals surface area contributed by atoms with Gasteiger partial charge in [0.1, 0.15) is 6.04 Å². The fourth-order valence-electron chi connectivity index (χ4n) is 4.26.